The number of amides is 1. The topological polar surface area (TPSA) is 54.7 Å². The summed E-state index contributed by atoms with van der Waals surface area (Å²) in [4.78, 5) is 15.3. The van der Waals surface area contributed by atoms with E-state index in [1.165, 1.54) is 11.3 Å². The van der Waals surface area contributed by atoms with Crippen molar-refractivity contribution in [3.63, 3.8) is 0 Å². The van der Waals surface area contributed by atoms with Gasteiger partial charge in [-0.25, -0.2) is 0 Å². The molecule has 0 atom stereocenters. The van der Waals surface area contributed by atoms with Crippen LogP contribution >= 0.6 is 0 Å². The number of anilines is 2. The Morgan fingerprint density at radius 1 is 1.27 bits per heavy atom. The predicted octanol–water partition coefficient (Wildman–Crippen LogP) is 4.38. The molecule has 5 heteroatoms. The zero-order valence-corrected chi connectivity index (χ0v) is 15.3. The maximum absolute atomic E-state index is 12.9. The van der Waals surface area contributed by atoms with E-state index in [1.807, 2.05) is 31.2 Å². The molecule has 2 heterocycles. The van der Waals surface area contributed by atoms with Gasteiger partial charge in [0.15, 0.2) is 0 Å². The molecule has 1 aromatic heterocycles. The van der Waals surface area contributed by atoms with Crippen LogP contribution in [0.5, 0.6) is 5.75 Å². The molecule has 0 saturated heterocycles. The third kappa shape index (κ3) is 2.69. The molecule has 0 saturated carbocycles. The van der Waals surface area contributed by atoms with E-state index in [-0.39, 0.29) is 5.91 Å². The highest BCUT2D eigenvalue weighted by Crippen LogP contribution is 2.32. The summed E-state index contributed by atoms with van der Waals surface area (Å²) in [5, 5.41) is 3.78. The monoisotopic (exact) mass is 350 g/mol. The summed E-state index contributed by atoms with van der Waals surface area (Å²) >= 11 is 0. The molecule has 1 aliphatic rings. The average molecular weight is 350 g/mol. The Morgan fingerprint density at radius 3 is 2.88 bits per heavy atom. The first-order valence-corrected chi connectivity index (χ1v) is 8.87. The van der Waals surface area contributed by atoms with Crippen LogP contribution in [0.2, 0.25) is 0 Å². The lowest BCUT2D eigenvalue weighted by Crippen LogP contribution is -2.19. The number of carbonyl (C=O) groups is 1. The lowest BCUT2D eigenvalue weighted by molar-refractivity contribution is 0.102. The second kappa shape index (κ2) is 6.41. The summed E-state index contributed by atoms with van der Waals surface area (Å²) in [5.41, 5.74) is 4.57. The van der Waals surface area contributed by atoms with Crippen molar-refractivity contribution >= 4 is 28.3 Å². The van der Waals surface area contributed by atoms with Crippen LogP contribution in [0.15, 0.2) is 40.8 Å². The van der Waals surface area contributed by atoms with Gasteiger partial charge in [0, 0.05) is 29.9 Å². The van der Waals surface area contributed by atoms with Gasteiger partial charge in [-0.2, -0.15) is 0 Å². The Bertz CT molecular complexity index is 990. The number of rotatable bonds is 4. The summed E-state index contributed by atoms with van der Waals surface area (Å²) in [6.45, 7) is 5.96. The summed E-state index contributed by atoms with van der Waals surface area (Å²) in [7, 11) is 1.61. The highest BCUT2D eigenvalue weighted by molar-refractivity contribution is 6.13. The van der Waals surface area contributed by atoms with Crippen molar-refractivity contribution in [3.05, 3.63) is 53.3 Å². The van der Waals surface area contributed by atoms with Gasteiger partial charge in [-0.15, -0.1) is 0 Å². The molecule has 2 aromatic carbocycles. The van der Waals surface area contributed by atoms with Crippen LogP contribution < -0.4 is 15.0 Å². The fourth-order valence-electron chi connectivity index (χ4n) is 3.65. The average Bonchev–Trinajstić information content (AvgIpc) is 3.20. The lowest BCUT2D eigenvalue weighted by Gasteiger charge is -2.17. The molecule has 0 fully saturated rings. The van der Waals surface area contributed by atoms with Gasteiger partial charge in [0.1, 0.15) is 17.1 Å². The number of ether oxygens (including phenoxy) is 1. The standard InChI is InChI=1S/C21H22N2O3/c1-4-23-10-9-14-5-6-15(11-18(14)23)22-21(24)20-13(2)26-19-8-7-16(25-3)12-17(19)20/h5-8,11-12H,4,9-10H2,1-3H3,(H,22,24). The quantitative estimate of drug-likeness (QED) is 0.758. The van der Waals surface area contributed by atoms with Gasteiger partial charge in [-0.1, -0.05) is 6.07 Å². The number of carbonyl (C=O) groups excluding carboxylic acids is 1. The molecule has 1 aliphatic heterocycles. The summed E-state index contributed by atoms with van der Waals surface area (Å²) < 4.78 is 11.0. The highest BCUT2D eigenvalue weighted by atomic mass is 16.5. The van der Waals surface area contributed by atoms with Crippen LogP contribution in [0, 0.1) is 6.92 Å². The van der Waals surface area contributed by atoms with Crippen molar-refractivity contribution in [2.45, 2.75) is 20.3 Å². The maximum atomic E-state index is 12.9. The number of likely N-dealkylation sites (N-methyl/N-ethyl adjacent to an activating group) is 1. The Kier molecular flexibility index (Phi) is 4.07. The second-order valence-corrected chi connectivity index (χ2v) is 6.52. The van der Waals surface area contributed by atoms with E-state index in [2.05, 4.69) is 29.3 Å². The normalized spacial score (nSPS) is 13.1. The number of methoxy groups -OCH3 is 1. The first kappa shape index (κ1) is 16.5. The summed E-state index contributed by atoms with van der Waals surface area (Å²) in [6, 6.07) is 11.6. The van der Waals surface area contributed by atoms with Gasteiger partial charge in [0.2, 0.25) is 0 Å². The first-order chi connectivity index (χ1) is 12.6. The zero-order chi connectivity index (χ0) is 18.3. The molecule has 0 bridgehead atoms. The SMILES string of the molecule is CCN1CCc2ccc(NC(=O)c3c(C)oc4ccc(OC)cc34)cc21. The molecule has 0 spiro atoms. The fourth-order valence-corrected chi connectivity index (χ4v) is 3.65. The zero-order valence-electron chi connectivity index (χ0n) is 15.3. The van der Waals surface area contributed by atoms with Crippen molar-refractivity contribution in [2.24, 2.45) is 0 Å². The molecule has 0 aliphatic carbocycles. The molecule has 1 amide bonds. The molecule has 5 nitrogen and oxygen atoms in total. The molecule has 134 valence electrons. The van der Waals surface area contributed by atoms with Crippen LogP contribution in [0.25, 0.3) is 11.0 Å². The van der Waals surface area contributed by atoms with Gasteiger partial charge < -0.3 is 19.4 Å². The minimum atomic E-state index is -0.171. The van der Waals surface area contributed by atoms with E-state index in [4.69, 9.17) is 9.15 Å². The third-order valence-corrected chi connectivity index (χ3v) is 5.01. The number of benzene rings is 2. The van der Waals surface area contributed by atoms with Gasteiger partial charge in [-0.05, 0) is 56.2 Å². The van der Waals surface area contributed by atoms with Gasteiger partial charge >= 0.3 is 0 Å². The van der Waals surface area contributed by atoms with Crippen LogP contribution in [0.4, 0.5) is 11.4 Å². The second-order valence-electron chi connectivity index (χ2n) is 6.52. The summed E-state index contributed by atoms with van der Waals surface area (Å²) in [5.74, 6) is 1.13. The van der Waals surface area contributed by atoms with Crippen LogP contribution in [0.3, 0.4) is 0 Å². The van der Waals surface area contributed by atoms with E-state index in [1.54, 1.807) is 7.11 Å². The van der Waals surface area contributed by atoms with Crippen molar-refractivity contribution in [1.82, 2.24) is 0 Å². The Labute approximate surface area is 152 Å². The number of aryl methyl sites for hydroxylation is 1. The molecule has 3 aromatic rings. The fraction of sp³-hybridized carbons (Fsp3) is 0.286. The van der Waals surface area contributed by atoms with Gasteiger partial charge in [0.05, 0.1) is 12.7 Å². The van der Waals surface area contributed by atoms with E-state index < -0.39 is 0 Å². The minimum Gasteiger partial charge on any atom is -0.497 e. The molecular formula is C21H22N2O3. The molecule has 0 radical (unpaired) electrons. The van der Waals surface area contributed by atoms with Gasteiger partial charge in [-0.3, -0.25) is 4.79 Å². The van der Waals surface area contributed by atoms with Crippen molar-refractivity contribution < 1.29 is 13.9 Å². The largest absolute Gasteiger partial charge is 0.497 e. The van der Waals surface area contributed by atoms with Crippen molar-refractivity contribution in [1.29, 1.82) is 0 Å². The molecule has 0 unspecified atom stereocenters. The lowest BCUT2D eigenvalue weighted by atomic mass is 10.1. The molecule has 1 N–H and O–H groups in total. The smallest absolute Gasteiger partial charge is 0.259 e. The Morgan fingerprint density at radius 2 is 2.12 bits per heavy atom. The Hall–Kier alpha value is -2.95. The summed E-state index contributed by atoms with van der Waals surface area (Å²) in [6.07, 6.45) is 1.06. The number of hydrogen-bond donors (Lipinski definition) is 1. The molecule has 4 rings (SSSR count). The van der Waals surface area contributed by atoms with E-state index in [9.17, 15) is 4.79 Å². The molecular weight excluding hydrogens is 328 g/mol. The first-order valence-electron chi connectivity index (χ1n) is 8.87. The van der Waals surface area contributed by atoms with Crippen LogP contribution in [-0.4, -0.2) is 26.1 Å². The van der Waals surface area contributed by atoms with E-state index >= 15 is 0 Å². The van der Waals surface area contributed by atoms with E-state index in [0.717, 1.165) is 30.6 Å². The van der Waals surface area contributed by atoms with Crippen LogP contribution in [0.1, 0.15) is 28.6 Å². The number of nitrogens with one attached hydrogen (secondary N) is 1. The van der Waals surface area contributed by atoms with Crippen LogP contribution in [-0.2, 0) is 6.42 Å². The van der Waals surface area contributed by atoms with Crippen molar-refractivity contribution in [3.8, 4) is 5.75 Å². The van der Waals surface area contributed by atoms with E-state index in [0.29, 0.717) is 22.7 Å². The minimum absolute atomic E-state index is 0.171. The third-order valence-electron chi connectivity index (χ3n) is 5.01. The predicted molar refractivity (Wildman–Crippen MR) is 103 cm³/mol. The number of fused-ring (bicyclic) bond motifs is 2. The Balaban J connectivity index is 1.67. The van der Waals surface area contributed by atoms with Gasteiger partial charge in [0.25, 0.3) is 5.91 Å². The van der Waals surface area contributed by atoms with Crippen molar-refractivity contribution in [2.75, 3.05) is 30.4 Å². The highest BCUT2D eigenvalue weighted by Gasteiger charge is 2.21. The number of furan rings is 1. The molecule has 26 heavy (non-hydrogen) atoms. The number of hydrogen-bond acceptors (Lipinski definition) is 4. The maximum Gasteiger partial charge on any atom is 0.259 e. The number of nitrogens with zero attached hydrogens (tertiary/aromatic N) is 1.